The average Bonchev–Trinajstić information content (AvgIpc) is 3.57. The second kappa shape index (κ2) is 9.18. The van der Waals surface area contributed by atoms with E-state index in [1.54, 1.807) is 11.3 Å². The second-order valence-electron chi connectivity index (χ2n) is 8.07. The number of aliphatic hydroxyl groups is 1. The number of hydrogen-bond donors (Lipinski definition) is 1. The van der Waals surface area contributed by atoms with Crippen molar-refractivity contribution in [2.45, 2.75) is 25.0 Å². The predicted molar refractivity (Wildman–Crippen MR) is 135 cm³/mol. The Morgan fingerprint density at radius 3 is 1.82 bits per heavy atom. The molecule has 0 bridgehead atoms. The summed E-state index contributed by atoms with van der Waals surface area (Å²) in [4.78, 5) is 5.90. The van der Waals surface area contributed by atoms with E-state index >= 15 is 0 Å². The fourth-order valence-electron chi connectivity index (χ4n) is 4.69. The van der Waals surface area contributed by atoms with E-state index in [0.717, 1.165) is 28.7 Å². The normalized spacial score (nSPS) is 12.5. The third-order valence-electron chi connectivity index (χ3n) is 6.24. The lowest BCUT2D eigenvalue weighted by atomic mass is 9.77. The van der Waals surface area contributed by atoms with Crippen LogP contribution in [0.1, 0.15) is 45.9 Å². The maximum absolute atomic E-state index is 11.2. The van der Waals surface area contributed by atoms with Gasteiger partial charge in [0.25, 0.3) is 0 Å². The molecule has 33 heavy (non-hydrogen) atoms. The van der Waals surface area contributed by atoms with Crippen LogP contribution in [-0.2, 0) is 12.0 Å². The van der Waals surface area contributed by atoms with Crippen molar-refractivity contribution in [3.8, 4) is 0 Å². The van der Waals surface area contributed by atoms with E-state index in [1.807, 2.05) is 42.2 Å². The molecule has 0 aliphatic heterocycles. The number of aliphatic hydroxyl groups excluding tert-OH is 1. The molecule has 0 aliphatic rings. The molecule has 0 fully saturated rings. The first-order valence-electron chi connectivity index (χ1n) is 11.2. The molecule has 1 atom stereocenters. The third-order valence-corrected chi connectivity index (χ3v) is 7.32. The van der Waals surface area contributed by atoms with Crippen LogP contribution < -0.4 is 0 Å². The number of thiophene rings is 1. The number of benzene rings is 3. The topological polar surface area (TPSA) is 38.0 Å². The van der Waals surface area contributed by atoms with Crippen LogP contribution in [0.15, 0.2) is 115 Å². The minimum atomic E-state index is -0.757. The molecule has 0 spiro atoms. The smallest absolute Gasteiger partial charge is 0.124 e. The molecule has 0 radical (unpaired) electrons. The number of aromatic nitrogens is 2. The van der Waals surface area contributed by atoms with Gasteiger partial charge in [-0.05, 0) is 34.6 Å². The number of nitrogens with zero attached hydrogens (tertiary/aromatic N) is 2. The lowest BCUT2D eigenvalue weighted by Crippen LogP contribution is -2.37. The zero-order chi connectivity index (χ0) is 22.7. The Morgan fingerprint density at radius 2 is 1.33 bits per heavy atom. The van der Waals surface area contributed by atoms with Gasteiger partial charge in [0.15, 0.2) is 0 Å². The molecule has 5 rings (SSSR count). The van der Waals surface area contributed by atoms with Crippen LogP contribution in [-0.4, -0.2) is 14.7 Å². The first-order valence-corrected chi connectivity index (χ1v) is 12.1. The Kier molecular flexibility index (Phi) is 5.95. The van der Waals surface area contributed by atoms with Crippen molar-refractivity contribution in [1.29, 1.82) is 0 Å². The molecular weight excluding hydrogens is 424 g/mol. The van der Waals surface area contributed by atoms with E-state index in [1.165, 1.54) is 4.88 Å². The fourth-order valence-corrected chi connectivity index (χ4v) is 5.55. The molecular formula is C29H26N2OS. The molecule has 3 nitrogen and oxygen atoms in total. The van der Waals surface area contributed by atoms with Crippen molar-refractivity contribution in [2.24, 2.45) is 0 Å². The number of rotatable bonds is 7. The molecule has 164 valence electrons. The molecule has 4 heteroatoms. The zero-order valence-corrected chi connectivity index (χ0v) is 19.3. The third kappa shape index (κ3) is 3.71. The Morgan fingerprint density at radius 1 is 0.818 bits per heavy atom. The van der Waals surface area contributed by atoms with E-state index in [-0.39, 0.29) is 0 Å². The fraction of sp³-hybridized carbons (Fsp3) is 0.138. The quantitative estimate of drug-likeness (QED) is 0.290. The van der Waals surface area contributed by atoms with Gasteiger partial charge in [-0.3, -0.25) is 0 Å². The highest BCUT2D eigenvalue weighted by Crippen LogP contribution is 2.41. The summed E-state index contributed by atoms with van der Waals surface area (Å²) >= 11 is 1.68. The molecule has 0 saturated carbocycles. The van der Waals surface area contributed by atoms with Gasteiger partial charge in [0.05, 0.1) is 12.0 Å². The number of imidazole rings is 1. The summed E-state index contributed by atoms with van der Waals surface area (Å²) in [7, 11) is 0. The summed E-state index contributed by atoms with van der Waals surface area (Å²) in [5.41, 5.74) is 4.35. The van der Waals surface area contributed by atoms with Crippen molar-refractivity contribution in [3.05, 3.63) is 148 Å². The van der Waals surface area contributed by atoms with E-state index in [2.05, 4.69) is 84.3 Å². The SMILES string of the molecule is CCc1sccc1C(O)c1cn(C(c2ccccc2)(c2ccccc2)c2ccccc2)cn1. The van der Waals surface area contributed by atoms with Gasteiger partial charge >= 0.3 is 0 Å². The summed E-state index contributed by atoms with van der Waals surface area (Å²) < 4.78 is 2.14. The first kappa shape index (κ1) is 21.4. The van der Waals surface area contributed by atoms with E-state index in [0.29, 0.717) is 5.69 Å². The van der Waals surface area contributed by atoms with Gasteiger partial charge in [-0.1, -0.05) is 97.9 Å². The van der Waals surface area contributed by atoms with Crippen molar-refractivity contribution in [1.82, 2.24) is 9.55 Å². The molecule has 1 N–H and O–H groups in total. The van der Waals surface area contributed by atoms with Crippen LogP contribution in [0.5, 0.6) is 0 Å². The van der Waals surface area contributed by atoms with Gasteiger partial charge in [0.1, 0.15) is 11.6 Å². The van der Waals surface area contributed by atoms with Crippen LogP contribution in [0.2, 0.25) is 0 Å². The van der Waals surface area contributed by atoms with Crippen molar-refractivity contribution in [2.75, 3.05) is 0 Å². The molecule has 2 aromatic heterocycles. The molecule has 1 unspecified atom stereocenters. The lowest BCUT2D eigenvalue weighted by molar-refractivity contribution is 0.215. The van der Waals surface area contributed by atoms with E-state index < -0.39 is 11.6 Å². The maximum atomic E-state index is 11.2. The molecule has 2 heterocycles. The summed E-state index contributed by atoms with van der Waals surface area (Å²) in [5.74, 6) is 0. The zero-order valence-electron chi connectivity index (χ0n) is 18.5. The first-order chi connectivity index (χ1) is 16.2. The summed E-state index contributed by atoms with van der Waals surface area (Å²) in [6.07, 6.45) is 3.98. The molecule has 5 aromatic rings. The van der Waals surface area contributed by atoms with Gasteiger partial charge in [-0.2, -0.15) is 0 Å². The highest BCUT2D eigenvalue weighted by Gasteiger charge is 2.38. The predicted octanol–water partition coefficient (Wildman–Crippen LogP) is 6.43. The van der Waals surface area contributed by atoms with Crippen LogP contribution in [0.25, 0.3) is 0 Å². The van der Waals surface area contributed by atoms with Crippen molar-refractivity contribution < 1.29 is 5.11 Å². The summed E-state index contributed by atoms with van der Waals surface area (Å²) in [6, 6.07) is 33.5. The van der Waals surface area contributed by atoms with Gasteiger partial charge in [0.2, 0.25) is 0 Å². The van der Waals surface area contributed by atoms with Gasteiger partial charge in [-0.25, -0.2) is 4.98 Å². The van der Waals surface area contributed by atoms with Crippen LogP contribution in [0.3, 0.4) is 0 Å². The standard InChI is InChI=1S/C29H26N2OS/c1-2-27-25(18-19-33-27)28(32)26-20-31(21-30-26)29(22-12-6-3-7-13-22,23-14-8-4-9-15-23)24-16-10-5-11-17-24/h3-21,28,32H,2H2,1H3. The van der Waals surface area contributed by atoms with Crippen molar-refractivity contribution in [3.63, 3.8) is 0 Å². The summed E-state index contributed by atoms with van der Waals surface area (Å²) in [6.45, 7) is 2.12. The Balaban J connectivity index is 1.74. The minimum Gasteiger partial charge on any atom is -0.382 e. The second-order valence-corrected chi connectivity index (χ2v) is 9.07. The van der Waals surface area contributed by atoms with Crippen LogP contribution in [0.4, 0.5) is 0 Å². The minimum absolute atomic E-state index is 0.628. The average molecular weight is 451 g/mol. The maximum Gasteiger partial charge on any atom is 0.124 e. The number of aryl methyl sites for hydroxylation is 1. The number of hydrogen-bond acceptors (Lipinski definition) is 3. The Bertz CT molecular complexity index is 1210. The van der Waals surface area contributed by atoms with Crippen molar-refractivity contribution >= 4 is 11.3 Å². The van der Waals surface area contributed by atoms with Gasteiger partial charge in [-0.15, -0.1) is 11.3 Å². The molecule has 0 amide bonds. The largest absolute Gasteiger partial charge is 0.382 e. The molecule has 0 saturated heterocycles. The highest BCUT2D eigenvalue weighted by molar-refractivity contribution is 7.10. The van der Waals surface area contributed by atoms with Crippen LogP contribution >= 0.6 is 11.3 Å². The van der Waals surface area contributed by atoms with Gasteiger partial charge < -0.3 is 9.67 Å². The Labute approximate surface area is 198 Å². The van der Waals surface area contributed by atoms with E-state index in [4.69, 9.17) is 4.98 Å². The lowest BCUT2D eigenvalue weighted by Gasteiger charge is -2.37. The van der Waals surface area contributed by atoms with Gasteiger partial charge in [0, 0.05) is 16.6 Å². The highest BCUT2D eigenvalue weighted by atomic mass is 32.1. The molecule has 0 aliphatic carbocycles. The van der Waals surface area contributed by atoms with E-state index in [9.17, 15) is 5.11 Å². The Hall–Kier alpha value is -3.47. The van der Waals surface area contributed by atoms with Crippen LogP contribution in [0, 0.1) is 0 Å². The molecule has 3 aromatic carbocycles. The monoisotopic (exact) mass is 450 g/mol. The summed E-state index contributed by atoms with van der Waals surface area (Å²) in [5, 5.41) is 13.3.